The lowest BCUT2D eigenvalue weighted by Gasteiger charge is -2.22. The number of ether oxygens (including phenoxy) is 3. The minimum absolute atomic E-state index is 0.0753. The van der Waals surface area contributed by atoms with E-state index in [0.29, 0.717) is 22.8 Å². The molecule has 1 saturated heterocycles. The highest BCUT2D eigenvalue weighted by Crippen LogP contribution is 2.13. The lowest BCUT2D eigenvalue weighted by atomic mass is 10.2. The Morgan fingerprint density at radius 2 is 2.00 bits per heavy atom. The average Bonchev–Trinajstić information content (AvgIpc) is 2.72. The number of nitrogens with one attached hydrogen (secondary N) is 1. The highest BCUT2D eigenvalue weighted by atomic mass is 79.9. The van der Waals surface area contributed by atoms with E-state index in [1.807, 2.05) is 13.0 Å². The second kappa shape index (κ2) is 16.7. The molecule has 0 aromatic carbocycles. The maximum Gasteiger partial charge on any atom is 0.249 e. The van der Waals surface area contributed by atoms with Crippen LogP contribution in [0.2, 0.25) is 10.3 Å². The molecule has 2 aromatic heterocycles. The van der Waals surface area contributed by atoms with E-state index in [0.717, 1.165) is 31.4 Å². The summed E-state index contributed by atoms with van der Waals surface area (Å²) in [7, 11) is 0. The molecule has 0 aliphatic carbocycles. The third-order valence-electron chi connectivity index (χ3n) is 3.40. The molecule has 0 saturated carbocycles. The Morgan fingerprint density at radius 1 is 1.21 bits per heavy atom. The summed E-state index contributed by atoms with van der Waals surface area (Å²) in [6.45, 7) is 4.36. The Labute approximate surface area is 190 Å². The smallest absolute Gasteiger partial charge is 0.249 e. The zero-order chi connectivity index (χ0) is 21.3. The minimum Gasteiger partial charge on any atom is -0.478 e. The van der Waals surface area contributed by atoms with Crippen molar-refractivity contribution in [2.24, 2.45) is 0 Å². The normalized spacial score (nSPS) is 15.4. The number of rotatable bonds is 6. The Hall–Kier alpha value is -1.12. The van der Waals surface area contributed by atoms with Crippen LogP contribution in [0.1, 0.15) is 32.6 Å². The van der Waals surface area contributed by atoms with Gasteiger partial charge in [-0.05, 0) is 37.8 Å². The van der Waals surface area contributed by atoms with Crippen LogP contribution in [0.4, 0.5) is 0 Å². The molecule has 0 radical (unpaired) electrons. The second-order valence-electron chi connectivity index (χ2n) is 5.87. The summed E-state index contributed by atoms with van der Waals surface area (Å²) in [5, 5.41) is 1.74. The predicted octanol–water partition coefficient (Wildman–Crippen LogP) is 5.48. The van der Waals surface area contributed by atoms with Crippen molar-refractivity contribution in [1.82, 2.24) is 9.97 Å². The molecule has 0 spiro atoms. The van der Waals surface area contributed by atoms with Crippen molar-refractivity contribution in [3.05, 3.63) is 57.1 Å². The molecule has 1 unspecified atom stereocenters. The zero-order valence-corrected chi connectivity index (χ0v) is 19.5. The van der Waals surface area contributed by atoms with Gasteiger partial charge in [0.2, 0.25) is 11.4 Å². The fourth-order valence-corrected chi connectivity index (χ4v) is 2.63. The number of alkyl halides is 1. The van der Waals surface area contributed by atoms with Crippen LogP contribution in [0.15, 0.2) is 41.2 Å². The first-order valence-electron chi connectivity index (χ1n) is 9.44. The van der Waals surface area contributed by atoms with Gasteiger partial charge in [-0.2, -0.15) is 0 Å². The van der Waals surface area contributed by atoms with Crippen LogP contribution in [0.25, 0.3) is 0 Å². The molecule has 1 atom stereocenters. The first-order chi connectivity index (χ1) is 14.0. The molecule has 1 aliphatic rings. The summed E-state index contributed by atoms with van der Waals surface area (Å²) < 4.78 is 15.9. The fourth-order valence-electron chi connectivity index (χ4n) is 2.12. The summed E-state index contributed by atoms with van der Waals surface area (Å²) in [4.78, 5) is 16.7. The zero-order valence-electron chi connectivity index (χ0n) is 16.4. The van der Waals surface area contributed by atoms with Gasteiger partial charge in [-0.15, -0.1) is 0 Å². The van der Waals surface area contributed by atoms with Gasteiger partial charge in [-0.25, -0.2) is 4.98 Å². The molecule has 1 aliphatic heterocycles. The van der Waals surface area contributed by atoms with Crippen LogP contribution in [-0.2, 0) is 9.47 Å². The summed E-state index contributed by atoms with van der Waals surface area (Å²) >= 11 is 14.3. The number of aromatic amines is 1. The Balaban J connectivity index is 0.000000220. The lowest BCUT2D eigenvalue weighted by Crippen LogP contribution is -2.22. The Kier molecular flexibility index (Phi) is 14.9. The first-order valence-corrected chi connectivity index (χ1v) is 11.3. The molecule has 1 fully saturated rings. The summed E-state index contributed by atoms with van der Waals surface area (Å²) in [6, 6.07) is 9.96. The summed E-state index contributed by atoms with van der Waals surface area (Å²) in [6.07, 6.45) is 4.55. The van der Waals surface area contributed by atoms with Gasteiger partial charge >= 0.3 is 0 Å². The van der Waals surface area contributed by atoms with Crippen LogP contribution in [0.3, 0.4) is 0 Å². The first kappa shape index (κ1) is 25.9. The predicted molar refractivity (Wildman–Crippen MR) is 120 cm³/mol. The van der Waals surface area contributed by atoms with Gasteiger partial charge in [0.1, 0.15) is 10.3 Å². The topological polar surface area (TPSA) is 73.4 Å². The highest BCUT2D eigenvalue weighted by molar-refractivity contribution is 9.09. The largest absolute Gasteiger partial charge is 0.478 e. The van der Waals surface area contributed by atoms with Crippen molar-refractivity contribution in [3.8, 4) is 5.88 Å². The molecule has 3 rings (SSSR count). The van der Waals surface area contributed by atoms with Crippen LogP contribution in [-0.4, -0.2) is 41.4 Å². The van der Waals surface area contributed by atoms with Crippen molar-refractivity contribution in [2.45, 2.75) is 38.9 Å². The molecule has 3 heterocycles. The highest BCUT2D eigenvalue weighted by Gasteiger charge is 2.12. The molecular formula is C20H27BrCl2N2O4. The number of halogens is 3. The molecule has 29 heavy (non-hydrogen) atoms. The molecule has 9 heteroatoms. The number of pyridine rings is 2. The molecule has 2 aromatic rings. The number of hydrogen-bond acceptors (Lipinski definition) is 5. The monoisotopic (exact) mass is 508 g/mol. The van der Waals surface area contributed by atoms with Gasteiger partial charge in [-0.1, -0.05) is 58.2 Å². The third-order valence-corrected chi connectivity index (χ3v) is 4.15. The van der Waals surface area contributed by atoms with Crippen LogP contribution in [0, 0.1) is 0 Å². The molecular weight excluding hydrogens is 483 g/mol. The van der Waals surface area contributed by atoms with Crippen molar-refractivity contribution in [2.75, 3.05) is 25.2 Å². The summed E-state index contributed by atoms with van der Waals surface area (Å²) in [5.74, 6) is 0.597. The molecule has 162 valence electrons. The molecule has 0 bridgehead atoms. The van der Waals surface area contributed by atoms with Crippen LogP contribution < -0.4 is 10.3 Å². The van der Waals surface area contributed by atoms with Crippen LogP contribution >= 0.6 is 39.1 Å². The van der Waals surface area contributed by atoms with E-state index in [2.05, 4.69) is 25.9 Å². The van der Waals surface area contributed by atoms with E-state index < -0.39 is 0 Å². The van der Waals surface area contributed by atoms with E-state index >= 15 is 0 Å². The number of H-pyrrole nitrogens is 1. The quantitative estimate of drug-likeness (QED) is 0.412. The van der Waals surface area contributed by atoms with Crippen molar-refractivity contribution >= 4 is 39.1 Å². The maximum absolute atomic E-state index is 10.4. The van der Waals surface area contributed by atoms with Gasteiger partial charge in [0.05, 0.1) is 13.2 Å². The third kappa shape index (κ3) is 13.7. The van der Waals surface area contributed by atoms with E-state index in [4.69, 9.17) is 37.4 Å². The average molecular weight is 510 g/mol. The fraction of sp³-hybridized carbons (Fsp3) is 0.500. The number of hydrogen-bond donors (Lipinski definition) is 1. The van der Waals surface area contributed by atoms with E-state index in [1.54, 1.807) is 24.3 Å². The van der Waals surface area contributed by atoms with Gasteiger partial charge < -0.3 is 19.2 Å². The molecule has 0 amide bonds. The van der Waals surface area contributed by atoms with Gasteiger partial charge in [0, 0.05) is 24.1 Å². The maximum atomic E-state index is 10.4. The van der Waals surface area contributed by atoms with Crippen molar-refractivity contribution < 1.29 is 14.2 Å². The Morgan fingerprint density at radius 3 is 2.55 bits per heavy atom. The Bertz CT molecular complexity index is 727. The van der Waals surface area contributed by atoms with E-state index in [9.17, 15) is 4.79 Å². The van der Waals surface area contributed by atoms with E-state index in [-0.39, 0.29) is 11.8 Å². The number of aromatic nitrogens is 2. The minimum atomic E-state index is -0.169. The molecule has 1 N–H and O–H groups in total. The lowest BCUT2D eigenvalue weighted by molar-refractivity contribution is -0.158. The standard InChI is InChI=1S/C8H10ClNO.C7H13BrO2.C5H4ClNO/c1-2-6-11-8-5-3-4-7(9)10-8;8-4-6-10-7-3-1-2-5-9-7;6-4-2-1-3-5(8)7-4/h3-5H,2,6H2,1H3;7H,1-6H2;1-3H,(H,7,8). The summed E-state index contributed by atoms with van der Waals surface area (Å²) in [5.41, 5.74) is -0.169. The molecule has 6 nitrogen and oxygen atoms in total. The van der Waals surface area contributed by atoms with Gasteiger partial charge in [-0.3, -0.25) is 4.79 Å². The van der Waals surface area contributed by atoms with Gasteiger partial charge in [0.25, 0.3) is 0 Å². The van der Waals surface area contributed by atoms with Crippen molar-refractivity contribution in [1.29, 1.82) is 0 Å². The van der Waals surface area contributed by atoms with Crippen LogP contribution in [0.5, 0.6) is 5.88 Å². The second-order valence-corrected chi connectivity index (χ2v) is 7.45. The van der Waals surface area contributed by atoms with Crippen molar-refractivity contribution in [3.63, 3.8) is 0 Å². The SMILES string of the molecule is BrCCOC1CCCCO1.CCCOc1cccc(Cl)n1.O=c1cccc(Cl)[nH]1. The van der Waals surface area contributed by atoms with Gasteiger partial charge in [0.15, 0.2) is 6.29 Å². The van der Waals surface area contributed by atoms with E-state index in [1.165, 1.54) is 18.9 Å². The number of nitrogens with zero attached hydrogens (tertiary/aromatic N) is 1.